The third kappa shape index (κ3) is 5.54. The first-order valence-corrected chi connectivity index (χ1v) is 9.02. The summed E-state index contributed by atoms with van der Waals surface area (Å²) >= 11 is 35.0. The molecule has 0 aliphatic heterocycles. The summed E-state index contributed by atoms with van der Waals surface area (Å²) in [6.45, 7) is 0. The quantitative estimate of drug-likeness (QED) is 0.538. The molecule has 1 aromatic heterocycles. The Morgan fingerprint density at radius 1 is 0.773 bits per heavy atom. The molecule has 2 rings (SSSR count). The fraction of sp³-hybridized carbons (Fsp3) is 0.615. The third-order valence-corrected chi connectivity index (χ3v) is 4.34. The van der Waals surface area contributed by atoms with E-state index in [9.17, 15) is 0 Å². The van der Waals surface area contributed by atoms with Crippen LogP contribution in [0, 0.1) is 5.92 Å². The zero-order valence-electron chi connectivity index (χ0n) is 11.4. The van der Waals surface area contributed by atoms with Gasteiger partial charge in [-0.1, -0.05) is 94.9 Å². The Kier molecular flexibility index (Phi) is 6.49. The van der Waals surface area contributed by atoms with Crippen LogP contribution in [0.4, 0.5) is 0 Å². The Hall–Kier alpha value is 0.490. The van der Waals surface area contributed by atoms with E-state index in [-0.39, 0.29) is 11.6 Å². The van der Waals surface area contributed by atoms with Gasteiger partial charge in [0.1, 0.15) is 0 Å². The van der Waals surface area contributed by atoms with E-state index in [4.69, 9.17) is 69.6 Å². The monoisotopic (exact) mass is 421 g/mol. The molecule has 9 heteroatoms. The fourth-order valence-electron chi connectivity index (χ4n) is 2.27. The first kappa shape index (κ1) is 18.8. The summed E-state index contributed by atoms with van der Waals surface area (Å²) in [5.74, 6) is 0.662. The zero-order valence-corrected chi connectivity index (χ0v) is 15.9. The van der Waals surface area contributed by atoms with E-state index in [0.29, 0.717) is 11.7 Å². The standard InChI is InChI=1S/C13H13Cl6N3/c14-12(15,16)10-20-9(21-11(22-10)13(17,18)19)7-6-8-4-2-1-3-5-8/h6-8H,1-5H2. The second kappa shape index (κ2) is 7.58. The molecule has 0 amide bonds. The predicted octanol–water partition coefficient (Wildman–Crippen LogP) is 6.12. The third-order valence-electron chi connectivity index (χ3n) is 3.33. The molecule has 1 aliphatic carbocycles. The van der Waals surface area contributed by atoms with E-state index in [1.807, 2.05) is 0 Å². The van der Waals surface area contributed by atoms with Gasteiger partial charge in [-0.15, -0.1) is 0 Å². The Bertz CT molecular complexity index is 511. The maximum absolute atomic E-state index is 5.83. The van der Waals surface area contributed by atoms with Crippen LogP contribution < -0.4 is 0 Å². The average Bonchev–Trinajstić information content (AvgIpc) is 2.44. The molecule has 1 fully saturated rings. The highest BCUT2D eigenvalue weighted by Gasteiger charge is 2.33. The van der Waals surface area contributed by atoms with E-state index in [0.717, 1.165) is 12.8 Å². The van der Waals surface area contributed by atoms with Crippen LogP contribution in [0.25, 0.3) is 6.08 Å². The van der Waals surface area contributed by atoms with Crippen molar-refractivity contribution in [2.45, 2.75) is 39.7 Å². The molecule has 122 valence electrons. The maximum Gasteiger partial charge on any atom is 0.250 e. The van der Waals surface area contributed by atoms with E-state index in [1.165, 1.54) is 19.3 Å². The van der Waals surface area contributed by atoms with Gasteiger partial charge in [-0.3, -0.25) is 0 Å². The van der Waals surface area contributed by atoms with Crippen LogP contribution in [-0.4, -0.2) is 15.0 Å². The van der Waals surface area contributed by atoms with Crippen molar-refractivity contribution in [3.05, 3.63) is 23.5 Å². The highest BCUT2D eigenvalue weighted by atomic mass is 35.6. The first-order chi connectivity index (χ1) is 10.2. The molecule has 0 saturated heterocycles. The van der Waals surface area contributed by atoms with Crippen molar-refractivity contribution in [3.63, 3.8) is 0 Å². The average molecular weight is 424 g/mol. The van der Waals surface area contributed by atoms with Crippen molar-refractivity contribution in [1.29, 1.82) is 0 Å². The summed E-state index contributed by atoms with van der Waals surface area (Å²) in [7, 11) is 0. The minimum absolute atomic E-state index is 0.0721. The minimum atomic E-state index is -1.82. The highest BCUT2D eigenvalue weighted by Crippen LogP contribution is 2.40. The number of rotatable bonds is 2. The summed E-state index contributed by atoms with van der Waals surface area (Å²) in [6.07, 6.45) is 9.85. The molecule has 1 aliphatic rings. The zero-order chi connectivity index (χ0) is 16.4. The van der Waals surface area contributed by atoms with E-state index < -0.39 is 7.59 Å². The van der Waals surface area contributed by atoms with Crippen LogP contribution in [0.5, 0.6) is 0 Å². The lowest BCUT2D eigenvalue weighted by atomic mass is 9.89. The van der Waals surface area contributed by atoms with Crippen molar-refractivity contribution in [3.8, 4) is 0 Å². The van der Waals surface area contributed by atoms with Gasteiger partial charge in [0.05, 0.1) is 0 Å². The van der Waals surface area contributed by atoms with Gasteiger partial charge in [-0.2, -0.15) is 0 Å². The molecule has 1 saturated carbocycles. The summed E-state index contributed by atoms with van der Waals surface area (Å²) in [6, 6.07) is 0. The lowest BCUT2D eigenvalue weighted by Crippen LogP contribution is -2.17. The number of allylic oxidation sites excluding steroid dienone is 1. The fourth-order valence-corrected chi connectivity index (χ4v) is 2.78. The number of nitrogens with zero attached hydrogens (tertiary/aromatic N) is 3. The molecule has 0 aromatic carbocycles. The predicted molar refractivity (Wildman–Crippen MR) is 93.9 cm³/mol. The van der Waals surface area contributed by atoms with Crippen LogP contribution in [0.3, 0.4) is 0 Å². The summed E-state index contributed by atoms with van der Waals surface area (Å²) in [4.78, 5) is 12.2. The molecule has 1 heterocycles. The van der Waals surface area contributed by atoms with Gasteiger partial charge in [0, 0.05) is 0 Å². The van der Waals surface area contributed by atoms with Crippen LogP contribution in [0.15, 0.2) is 6.08 Å². The summed E-state index contributed by atoms with van der Waals surface area (Å²) in [5, 5.41) is 0. The number of halogens is 6. The van der Waals surface area contributed by atoms with Gasteiger partial charge in [0.2, 0.25) is 7.59 Å². The van der Waals surface area contributed by atoms with Crippen LogP contribution in [-0.2, 0) is 7.59 Å². The van der Waals surface area contributed by atoms with Gasteiger partial charge in [0.25, 0.3) is 0 Å². The van der Waals surface area contributed by atoms with Crippen LogP contribution in [0.2, 0.25) is 0 Å². The number of hydrogen-bond donors (Lipinski definition) is 0. The van der Waals surface area contributed by atoms with Gasteiger partial charge in [-0.05, 0) is 24.8 Å². The topological polar surface area (TPSA) is 38.7 Å². The minimum Gasteiger partial charge on any atom is -0.209 e. The van der Waals surface area contributed by atoms with E-state index >= 15 is 0 Å². The van der Waals surface area contributed by atoms with Crippen molar-refractivity contribution in [2.24, 2.45) is 5.92 Å². The molecule has 0 bridgehead atoms. The van der Waals surface area contributed by atoms with Crippen molar-refractivity contribution in [1.82, 2.24) is 15.0 Å². The Labute approximate surface area is 159 Å². The van der Waals surface area contributed by atoms with Gasteiger partial charge >= 0.3 is 0 Å². The molecule has 0 atom stereocenters. The van der Waals surface area contributed by atoms with Crippen molar-refractivity contribution < 1.29 is 0 Å². The SMILES string of the molecule is ClC(Cl)(Cl)c1nc(C=CC2CCCCC2)nc(C(Cl)(Cl)Cl)n1. The normalized spacial score (nSPS) is 18.1. The molecule has 22 heavy (non-hydrogen) atoms. The molecular weight excluding hydrogens is 411 g/mol. The number of aromatic nitrogens is 3. The van der Waals surface area contributed by atoms with E-state index in [1.54, 1.807) is 6.08 Å². The van der Waals surface area contributed by atoms with Crippen molar-refractivity contribution in [2.75, 3.05) is 0 Å². The molecular formula is C13H13Cl6N3. The van der Waals surface area contributed by atoms with Crippen LogP contribution >= 0.6 is 69.6 Å². The highest BCUT2D eigenvalue weighted by molar-refractivity contribution is 6.67. The summed E-state index contributed by atoms with van der Waals surface area (Å²) in [5.41, 5.74) is 0. The molecule has 0 radical (unpaired) electrons. The number of hydrogen-bond acceptors (Lipinski definition) is 3. The Morgan fingerprint density at radius 2 is 1.27 bits per heavy atom. The lowest BCUT2D eigenvalue weighted by Gasteiger charge is -2.18. The Morgan fingerprint density at radius 3 is 1.73 bits per heavy atom. The Balaban J connectivity index is 2.31. The number of alkyl halides is 6. The summed E-state index contributed by atoms with van der Waals surface area (Å²) < 4.78 is -3.64. The second-order valence-electron chi connectivity index (χ2n) is 5.09. The molecule has 1 aromatic rings. The van der Waals surface area contributed by atoms with Gasteiger partial charge in [-0.25, -0.2) is 15.0 Å². The van der Waals surface area contributed by atoms with Crippen molar-refractivity contribution >= 4 is 75.7 Å². The van der Waals surface area contributed by atoms with Gasteiger partial charge in [0.15, 0.2) is 17.5 Å². The van der Waals surface area contributed by atoms with Gasteiger partial charge < -0.3 is 0 Å². The van der Waals surface area contributed by atoms with E-state index in [2.05, 4.69) is 21.0 Å². The van der Waals surface area contributed by atoms with Crippen LogP contribution in [0.1, 0.15) is 49.6 Å². The smallest absolute Gasteiger partial charge is 0.209 e. The molecule has 0 spiro atoms. The maximum atomic E-state index is 5.83. The molecule has 3 nitrogen and oxygen atoms in total. The first-order valence-electron chi connectivity index (χ1n) is 6.75. The lowest BCUT2D eigenvalue weighted by molar-refractivity contribution is 0.420. The molecule has 0 unspecified atom stereocenters. The molecule has 0 N–H and O–H groups in total. The second-order valence-corrected chi connectivity index (χ2v) is 9.66. The largest absolute Gasteiger partial charge is 0.250 e.